The van der Waals surface area contributed by atoms with Crippen molar-refractivity contribution in [1.82, 2.24) is 10.2 Å². The van der Waals surface area contributed by atoms with Crippen molar-refractivity contribution in [3.8, 4) is 11.1 Å². The molecular weight excluding hydrogens is 338 g/mol. The first-order chi connectivity index (χ1) is 13.2. The van der Waals surface area contributed by atoms with E-state index in [0.717, 1.165) is 55.7 Å². The van der Waals surface area contributed by atoms with Gasteiger partial charge in [0.25, 0.3) is 0 Å². The molecule has 27 heavy (non-hydrogen) atoms. The molecule has 144 valence electrons. The minimum atomic E-state index is -0.257. The molecule has 0 saturated carbocycles. The van der Waals surface area contributed by atoms with Crippen LogP contribution in [-0.4, -0.2) is 47.8 Å². The lowest BCUT2D eigenvalue weighted by Gasteiger charge is -2.33. The molecule has 2 aromatic rings. The summed E-state index contributed by atoms with van der Waals surface area (Å²) in [6, 6.07) is 17.9. The van der Waals surface area contributed by atoms with Gasteiger partial charge in [0.2, 0.25) is 0 Å². The van der Waals surface area contributed by atoms with E-state index in [1.54, 1.807) is 0 Å². The predicted octanol–water partition coefficient (Wildman–Crippen LogP) is 3.71. The molecular formula is C22H29N3O2. The van der Waals surface area contributed by atoms with Gasteiger partial charge in [-0.2, -0.15) is 0 Å². The molecule has 1 unspecified atom stereocenters. The Bertz CT molecular complexity index is 727. The van der Waals surface area contributed by atoms with Crippen molar-refractivity contribution < 1.29 is 9.90 Å². The molecule has 0 spiro atoms. The van der Waals surface area contributed by atoms with E-state index < -0.39 is 0 Å². The molecule has 3 rings (SSSR count). The summed E-state index contributed by atoms with van der Waals surface area (Å²) in [5, 5.41) is 15.9. The first kappa shape index (κ1) is 19.4. The van der Waals surface area contributed by atoms with Gasteiger partial charge >= 0.3 is 6.03 Å². The average Bonchev–Trinajstić information content (AvgIpc) is 2.70. The quantitative estimate of drug-likeness (QED) is 0.729. The van der Waals surface area contributed by atoms with Gasteiger partial charge in [-0.15, -0.1) is 0 Å². The van der Waals surface area contributed by atoms with Gasteiger partial charge < -0.3 is 20.6 Å². The molecule has 0 aromatic heterocycles. The highest BCUT2D eigenvalue weighted by molar-refractivity contribution is 5.94. The number of anilines is 1. The maximum absolute atomic E-state index is 12.5. The Morgan fingerprint density at radius 1 is 1.11 bits per heavy atom. The van der Waals surface area contributed by atoms with Gasteiger partial charge in [0.15, 0.2) is 0 Å². The van der Waals surface area contributed by atoms with Crippen molar-refractivity contribution in [2.24, 2.45) is 0 Å². The fourth-order valence-electron chi connectivity index (χ4n) is 3.49. The normalized spacial score (nSPS) is 16.7. The van der Waals surface area contributed by atoms with Crippen molar-refractivity contribution in [2.45, 2.75) is 38.3 Å². The molecule has 1 fully saturated rings. The lowest BCUT2D eigenvalue weighted by Crippen LogP contribution is -2.47. The molecule has 2 amide bonds. The molecule has 1 aliphatic rings. The molecule has 0 bridgehead atoms. The Labute approximate surface area is 161 Å². The molecule has 0 radical (unpaired) electrons. The fraction of sp³-hybridized carbons (Fsp3) is 0.409. The number of piperidine rings is 1. The molecule has 1 heterocycles. The minimum absolute atomic E-state index is 0.162. The van der Waals surface area contributed by atoms with E-state index in [-0.39, 0.29) is 18.2 Å². The van der Waals surface area contributed by atoms with Crippen molar-refractivity contribution in [1.29, 1.82) is 0 Å². The number of urea groups is 1. The SMILES string of the molecule is CCC(O)CN1CCC(NC(=O)Nc2ccccc2-c2ccccc2)CC1. The van der Waals surface area contributed by atoms with Crippen LogP contribution in [0.1, 0.15) is 26.2 Å². The van der Waals surface area contributed by atoms with E-state index in [1.165, 1.54) is 0 Å². The first-order valence-electron chi connectivity index (χ1n) is 9.78. The summed E-state index contributed by atoms with van der Waals surface area (Å²) in [5.74, 6) is 0. The zero-order valence-corrected chi connectivity index (χ0v) is 15.9. The van der Waals surface area contributed by atoms with Gasteiger partial charge in [0.1, 0.15) is 0 Å². The highest BCUT2D eigenvalue weighted by Gasteiger charge is 2.22. The number of likely N-dealkylation sites (tertiary alicyclic amines) is 1. The van der Waals surface area contributed by atoms with Crippen LogP contribution in [-0.2, 0) is 0 Å². The summed E-state index contributed by atoms with van der Waals surface area (Å²) >= 11 is 0. The largest absolute Gasteiger partial charge is 0.392 e. The number of aliphatic hydroxyl groups excluding tert-OH is 1. The number of amides is 2. The van der Waals surface area contributed by atoms with Gasteiger partial charge in [-0.25, -0.2) is 4.79 Å². The number of carbonyl (C=O) groups excluding carboxylic acids is 1. The van der Waals surface area contributed by atoms with E-state index >= 15 is 0 Å². The number of hydrogen-bond acceptors (Lipinski definition) is 3. The molecule has 2 aromatic carbocycles. The van der Waals surface area contributed by atoms with Crippen LogP contribution >= 0.6 is 0 Å². The van der Waals surface area contributed by atoms with Gasteiger partial charge in [-0.1, -0.05) is 55.5 Å². The summed E-state index contributed by atoms with van der Waals surface area (Å²) in [7, 11) is 0. The van der Waals surface area contributed by atoms with Crippen molar-refractivity contribution in [2.75, 3.05) is 25.0 Å². The maximum atomic E-state index is 12.5. The van der Waals surface area contributed by atoms with E-state index in [2.05, 4.69) is 15.5 Å². The summed E-state index contributed by atoms with van der Waals surface area (Å²) < 4.78 is 0. The van der Waals surface area contributed by atoms with E-state index in [0.29, 0.717) is 0 Å². The summed E-state index contributed by atoms with van der Waals surface area (Å²) in [6.45, 7) is 4.53. The van der Waals surface area contributed by atoms with Crippen LogP contribution in [0.4, 0.5) is 10.5 Å². The van der Waals surface area contributed by atoms with Gasteiger partial charge in [0.05, 0.1) is 11.8 Å². The second kappa shape index (κ2) is 9.53. The minimum Gasteiger partial charge on any atom is -0.392 e. The first-order valence-corrected chi connectivity index (χ1v) is 9.78. The number of nitrogens with zero attached hydrogens (tertiary/aromatic N) is 1. The number of nitrogens with one attached hydrogen (secondary N) is 2. The molecule has 1 aliphatic heterocycles. The van der Waals surface area contributed by atoms with Crippen LogP contribution in [0.2, 0.25) is 0 Å². The maximum Gasteiger partial charge on any atom is 0.319 e. The lowest BCUT2D eigenvalue weighted by molar-refractivity contribution is 0.0925. The molecule has 1 saturated heterocycles. The Balaban J connectivity index is 1.54. The topological polar surface area (TPSA) is 64.6 Å². The van der Waals surface area contributed by atoms with E-state index in [1.807, 2.05) is 61.5 Å². The fourth-order valence-corrected chi connectivity index (χ4v) is 3.49. The highest BCUT2D eigenvalue weighted by atomic mass is 16.3. The number of hydrogen-bond donors (Lipinski definition) is 3. The molecule has 1 atom stereocenters. The smallest absolute Gasteiger partial charge is 0.319 e. The van der Waals surface area contributed by atoms with Crippen LogP contribution in [0.3, 0.4) is 0 Å². The Morgan fingerprint density at radius 2 is 1.78 bits per heavy atom. The standard InChI is InChI=1S/C22H29N3O2/c1-2-19(26)16-25-14-12-18(13-15-25)23-22(27)24-21-11-7-6-10-20(21)17-8-4-3-5-9-17/h3-11,18-19,26H,2,12-16H2,1H3,(H2,23,24,27). The zero-order valence-electron chi connectivity index (χ0n) is 15.9. The summed E-state index contributed by atoms with van der Waals surface area (Å²) in [5.41, 5.74) is 2.90. The number of rotatable bonds is 6. The third kappa shape index (κ3) is 5.55. The van der Waals surface area contributed by atoms with Crippen LogP contribution < -0.4 is 10.6 Å². The number of carbonyl (C=O) groups is 1. The second-order valence-corrected chi connectivity index (χ2v) is 7.15. The summed E-state index contributed by atoms with van der Waals surface area (Å²) in [4.78, 5) is 14.8. The van der Waals surface area contributed by atoms with Crippen molar-refractivity contribution >= 4 is 11.7 Å². The van der Waals surface area contributed by atoms with Crippen LogP contribution in [0.5, 0.6) is 0 Å². The van der Waals surface area contributed by atoms with Crippen LogP contribution in [0.25, 0.3) is 11.1 Å². The van der Waals surface area contributed by atoms with Gasteiger partial charge in [-0.3, -0.25) is 0 Å². The summed E-state index contributed by atoms with van der Waals surface area (Å²) in [6.07, 6.45) is 2.34. The molecule has 3 N–H and O–H groups in total. The Kier molecular flexibility index (Phi) is 6.85. The van der Waals surface area contributed by atoms with Crippen LogP contribution in [0.15, 0.2) is 54.6 Å². The van der Waals surface area contributed by atoms with Crippen molar-refractivity contribution in [3.63, 3.8) is 0 Å². The zero-order chi connectivity index (χ0) is 19.1. The van der Waals surface area contributed by atoms with Gasteiger partial charge in [-0.05, 0) is 30.9 Å². The average molecular weight is 367 g/mol. The van der Waals surface area contributed by atoms with Crippen LogP contribution in [0, 0.1) is 0 Å². The van der Waals surface area contributed by atoms with E-state index in [9.17, 15) is 9.90 Å². The Morgan fingerprint density at radius 3 is 2.48 bits per heavy atom. The number of para-hydroxylation sites is 1. The van der Waals surface area contributed by atoms with Gasteiger partial charge in [0, 0.05) is 31.2 Å². The monoisotopic (exact) mass is 367 g/mol. The van der Waals surface area contributed by atoms with E-state index in [4.69, 9.17) is 0 Å². The Hall–Kier alpha value is -2.37. The molecule has 5 nitrogen and oxygen atoms in total. The third-order valence-electron chi connectivity index (χ3n) is 5.12. The number of benzene rings is 2. The molecule has 5 heteroatoms. The lowest BCUT2D eigenvalue weighted by atomic mass is 10.0. The number of aliphatic hydroxyl groups is 1. The third-order valence-corrected chi connectivity index (χ3v) is 5.12. The second-order valence-electron chi connectivity index (χ2n) is 7.15. The molecule has 0 aliphatic carbocycles. The van der Waals surface area contributed by atoms with Crippen molar-refractivity contribution in [3.05, 3.63) is 54.6 Å². The highest BCUT2D eigenvalue weighted by Crippen LogP contribution is 2.27. The predicted molar refractivity (Wildman–Crippen MR) is 110 cm³/mol. The number of β-amino-alcohol motifs (C(OH)–C–C–N with tert-alkyl or cyclic N) is 1.